The van der Waals surface area contributed by atoms with Crippen molar-refractivity contribution in [1.82, 2.24) is 20.5 Å². The topological polar surface area (TPSA) is 145 Å². The molecule has 12 heteroatoms. The number of nitrogens with zero attached hydrogens (tertiary/aromatic N) is 2. The molecule has 0 spiro atoms. The first-order valence-electron chi connectivity index (χ1n) is 15.3. The first-order valence-corrected chi connectivity index (χ1v) is 15.3. The summed E-state index contributed by atoms with van der Waals surface area (Å²) < 4.78 is 22.1. The van der Waals surface area contributed by atoms with E-state index in [1.54, 1.807) is 72.2 Å². The molecule has 3 rings (SSSR count). The Balaban J connectivity index is 2.01. The number of amides is 3. The van der Waals surface area contributed by atoms with Crippen LogP contribution in [-0.4, -0.2) is 77.7 Å². The molecule has 12 nitrogen and oxygen atoms in total. The van der Waals surface area contributed by atoms with Gasteiger partial charge in [0.2, 0.25) is 11.8 Å². The number of carbonyl (C=O) groups is 4. The second-order valence-electron chi connectivity index (χ2n) is 12.3. The fourth-order valence-electron chi connectivity index (χ4n) is 5.40. The summed E-state index contributed by atoms with van der Waals surface area (Å²) in [4.78, 5) is 59.9. The van der Waals surface area contributed by atoms with Crippen molar-refractivity contribution < 1.29 is 38.1 Å². The fraction of sp³-hybridized carbons (Fsp3) is 0.500. The fourth-order valence-corrected chi connectivity index (χ4v) is 5.40. The van der Waals surface area contributed by atoms with E-state index in [0.717, 1.165) is 5.39 Å². The molecule has 1 aliphatic heterocycles. The lowest BCUT2D eigenvalue weighted by Crippen LogP contribution is -2.61. The Morgan fingerprint density at radius 1 is 1.17 bits per heavy atom. The molecular formula is C34H46N4O8. The summed E-state index contributed by atoms with van der Waals surface area (Å²) in [6.45, 7) is 17.8. The van der Waals surface area contributed by atoms with Crippen molar-refractivity contribution in [3.05, 3.63) is 55.5 Å². The highest BCUT2D eigenvalue weighted by molar-refractivity contribution is 5.95. The molecule has 3 amide bonds. The third-order valence-electron chi connectivity index (χ3n) is 7.82. The number of hydrogen-bond donors (Lipinski definition) is 2. The summed E-state index contributed by atoms with van der Waals surface area (Å²) in [5.41, 5.74) is -1.50. The molecule has 0 unspecified atom stereocenters. The zero-order chi connectivity index (χ0) is 34.2. The van der Waals surface area contributed by atoms with Gasteiger partial charge in [0.25, 0.3) is 0 Å². The Hall–Kier alpha value is -4.61. The van der Waals surface area contributed by atoms with Gasteiger partial charge in [-0.2, -0.15) is 0 Å². The molecule has 250 valence electrons. The number of benzene rings is 1. The molecule has 2 aromatic rings. The van der Waals surface area contributed by atoms with Crippen LogP contribution in [0.2, 0.25) is 0 Å². The summed E-state index contributed by atoms with van der Waals surface area (Å²) in [5, 5.41) is 6.25. The Kier molecular flexibility index (Phi) is 11.8. The second-order valence-corrected chi connectivity index (χ2v) is 12.3. The lowest BCUT2D eigenvalue weighted by molar-refractivity contribution is -0.154. The van der Waals surface area contributed by atoms with Gasteiger partial charge in [-0.25, -0.2) is 9.59 Å². The molecule has 1 aromatic heterocycles. The van der Waals surface area contributed by atoms with Crippen molar-refractivity contribution in [2.45, 2.75) is 84.5 Å². The highest BCUT2D eigenvalue weighted by Crippen LogP contribution is 2.32. The molecule has 1 saturated heterocycles. The molecular weight excluding hydrogens is 592 g/mol. The van der Waals surface area contributed by atoms with Crippen LogP contribution in [0.4, 0.5) is 4.79 Å². The van der Waals surface area contributed by atoms with Crippen molar-refractivity contribution >= 4 is 34.8 Å². The molecule has 0 bridgehead atoms. The van der Waals surface area contributed by atoms with Crippen LogP contribution in [0.5, 0.6) is 11.5 Å². The average molecular weight is 639 g/mol. The minimum Gasteiger partial charge on any atom is -0.497 e. The van der Waals surface area contributed by atoms with E-state index in [9.17, 15) is 19.2 Å². The summed E-state index contributed by atoms with van der Waals surface area (Å²) in [6.07, 6.45) is 2.16. The normalized spacial score (nSPS) is 18.1. The quantitative estimate of drug-likeness (QED) is 0.182. The molecule has 1 aromatic carbocycles. The number of nitrogens with one attached hydrogen (secondary N) is 2. The van der Waals surface area contributed by atoms with Gasteiger partial charge in [-0.05, 0) is 50.3 Å². The minimum atomic E-state index is -1.38. The van der Waals surface area contributed by atoms with Crippen LogP contribution in [0.25, 0.3) is 10.9 Å². The number of hydrogen-bond acceptors (Lipinski definition) is 9. The first-order chi connectivity index (χ1) is 21.7. The van der Waals surface area contributed by atoms with Gasteiger partial charge in [0.1, 0.15) is 35.2 Å². The Bertz CT molecular complexity index is 1470. The van der Waals surface area contributed by atoms with E-state index in [1.807, 2.05) is 6.07 Å². The number of ether oxygens (including phenoxy) is 4. The molecule has 1 aliphatic rings. The van der Waals surface area contributed by atoms with Gasteiger partial charge in [-0.1, -0.05) is 40.3 Å². The van der Waals surface area contributed by atoms with Crippen LogP contribution in [0.3, 0.4) is 0 Å². The predicted octanol–water partition coefficient (Wildman–Crippen LogP) is 4.67. The van der Waals surface area contributed by atoms with Gasteiger partial charge < -0.3 is 34.5 Å². The number of likely N-dealkylation sites (tertiary alicyclic amines) is 1. The molecule has 2 heterocycles. The first kappa shape index (κ1) is 35.9. The number of methoxy groups -OCH3 is 1. The maximum absolute atomic E-state index is 14.3. The van der Waals surface area contributed by atoms with Crippen LogP contribution >= 0.6 is 0 Å². The van der Waals surface area contributed by atoms with E-state index in [-0.39, 0.29) is 38.2 Å². The van der Waals surface area contributed by atoms with Crippen molar-refractivity contribution in [2.24, 2.45) is 5.41 Å². The van der Waals surface area contributed by atoms with Crippen molar-refractivity contribution in [3.8, 4) is 11.5 Å². The van der Waals surface area contributed by atoms with E-state index in [4.69, 9.17) is 18.9 Å². The largest absolute Gasteiger partial charge is 0.497 e. The van der Waals surface area contributed by atoms with Gasteiger partial charge >= 0.3 is 12.1 Å². The summed E-state index contributed by atoms with van der Waals surface area (Å²) in [6, 6.07) is 5.01. The van der Waals surface area contributed by atoms with E-state index in [1.165, 1.54) is 11.8 Å². The van der Waals surface area contributed by atoms with Crippen molar-refractivity contribution in [1.29, 1.82) is 0 Å². The van der Waals surface area contributed by atoms with Crippen LogP contribution in [-0.2, 0) is 23.9 Å². The third kappa shape index (κ3) is 8.35. The standard InChI is InChI=1S/C34H46N4O8/c1-10-16-34(11-2,31(41)44-12-3)37-29(39)26-19-23(46-27-15-17-35-25-18-22(43-9)13-14-24(25)27)20-38(26)30(40)28(33(6,7)8)36-32(42)45-21(4)5/h10,13-15,17-18,23,26,28H,1,4,11-12,16,19-20H2,2-3,5-9H3,(H,36,42)(H,37,39)/t23-,26+,28-,34-/m1/s1. The van der Waals surface area contributed by atoms with Gasteiger partial charge in [-0.15, -0.1) is 6.58 Å². The lowest BCUT2D eigenvalue weighted by Gasteiger charge is -2.36. The van der Waals surface area contributed by atoms with Crippen LogP contribution in [0.1, 0.15) is 60.8 Å². The molecule has 0 radical (unpaired) electrons. The number of aromatic nitrogens is 1. The number of allylic oxidation sites excluding steroid dienone is 1. The minimum absolute atomic E-state index is 0.0284. The molecule has 46 heavy (non-hydrogen) atoms. The smallest absolute Gasteiger partial charge is 0.412 e. The van der Waals surface area contributed by atoms with E-state index in [0.29, 0.717) is 17.0 Å². The third-order valence-corrected chi connectivity index (χ3v) is 7.82. The Morgan fingerprint density at radius 3 is 2.48 bits per heavy atom. The molecule has 2 N–H and O–H groups in total. The zero-order valence-electron chi connectivity index (χ0n) is 27.8. The number of fused-ring (bicyclic) bond motifs is 1. The maximum Gasteiger partial charge on any atom is 0.412 e. The molecule has 4 atom stereocenters. The predicted molar refractivity (Wildman–Crippen MR) is 173 cm³/mol. The van der Waals surface area contributed by atoms with Crippen LogP contribution in [0, 0.1) is 5.41 Å². The van der Waals surface area contributed by atoms with Crippen molar-refractivity contribution in [2.75, 3.05) is 20.3 Å². The molecule has 0 aliphatic carbocycles. The monoisotopic (exact) mass is 638 g/mol. The highest BCUT2D eigenvalue weighted by Gasteiger charge is 2.48. The summed E-state index contributed by atoms with van der Waals surface area (Å²) in [7, 11) is 1.57. The van der Waals surface area contributed by atoms with Gasteiger partial charge in [0.05, 0.1) is 31.5 Å². The number of carbonyl (C=O) groups excluding carboxylic acids is 4. The highest BCUT2D eigenvalue weighted by atomic mass is 16.6. The van der Waals surface area contributed by atoms with Gasteiger partial charge in [0.15, 0.2) is 0 Å². The SMILES string of the molecule is C=CC[C@@](CC)(NC(=O)[C@@H]1C[C@@H](Oc2ccnc3cc(OC)ccc23)CN1C(=O)[C@@H](NC(=O)OC(=C)C)C(C)(C)C)C(=O)OCC. The van der Waals surface area contributed by atoms with Crippen molar-refractivity contribution in [3.63, 3.8) is 0 Å². The van der Waals surface area contributed by atoms with Crippen LogP contribution < -0.4 is 20.1 Å². The number of rotatable bonds is 13. The maximum atomic E-state index is 14.3. The molecule has 1 fully saturated rings. The van der Waals surface area contributed by atoms with E-state index in [2.05, 4.69) is 28.8 Å². The number of pyridine rings is 1. The summed E-state index contributed by atoms with van der Waals surface area (Å²) >= 11 is 0. The lowest BCUT2D eigenvalue weighted by atomic mass is 9.85. The molecule has 0 saturated carbocycles. The van der Waals surface area contributed by atoms with E-state index < -0.39 is 53.0 Å². The van der Waals surface area contributed by atoms with E-state index >= 15 is 0 Å². The van der Waals surface area contributed by atoms with Crippen LogP contribution in [0.15, 0.2) is 55.5 Å². The van der Waals surface area contributed by atoms with Gasteiger partial charge in [0, 0.05) is 24.1 Å². The average Bonchev–Trinajstić information content (AvgIpc) is 3.42. The summed E-state index contributed by atoms with van der Waals surface area (Å²) in [5.74, 6) is -0.351. The number of alkyl carbamates (subject to hydrolysis) is 1. The van der Waals surface area contributed by atoms with Gasteiger partial charge in [-0.3, -0.25) is 14.6 Å². The zero-order valence-corrected chi connectivity index (χ0v) is 27.8. The Labute approximate surface area is 270 Å². The second kappa shape index (κ2) is 15.1. The Morgan fingerprint density at radius 2 is 1.89 bits per heavy atom. The number of esters is 1.